The Hall–Kier alpha value is -1.29. The molecule has 80 valence electrons. The second-order valence-corrected chi connectivity index (χ2v) is 4.50. The summed E-state index contributed by atoms with van der Waals surface area (Å²) in [6.45, 7) is 4.04. The van der Waals surface area contributed by atoms with Crippen molar-refractivity contribution in [2.24, 2.45) is 11.8 Å². The number of aromatic amines is 1. The monoisotopic (exact) mass is 205 g/mol. The van der Waals surface area contributed by atoms with Gasteiger partial charge in [-0.1, -0.05) is 0 Å². The number of fused-ring (bicyclic) bond motifs is 1. The van der Waals surface area contributed by atoms with Gasteiger partial charge in [0.2, 0.25) is 0 Å². The van der Waals surface area contributed by atoms with Gasteiger partial charge in [0.1, 0.15) is 0 Å². The van der Waals surface area contributed by atoms with Crippen molar-refractivity contribution in [3.05, 3.63) is 23.5 Å². The number of hydrogen-bond donors (Lipinski definition) is 3. The Bertz CT molecular complexity index is 388. The quantitative estimate of drug-likeness (QED) is 0.649. The maximum absolute atomic E-state index is 11.9. The number of carbonyl (C=O) groups excluding carboxylic acids is 1. The molecule has 2 aliphatic rings. The zero-order valence-corrected chi connectivity index (χ0v) is 8.71. The van der Waals surface area contributed by atoms with E-state index in [0.717, 1.165) is 24.3 Å². The Labute approximate surface area is 88.4 Å². The summed E-state index contributed by atoms with van der Waals surface area (Å²) in [4.78, 5) is 14.9. The third kappa shape index (κ3) is 1.36. The van der Waals surface area contributed by atoms with E-state index in [0.29, 0.717) is 17.9 Å². The third-order valence-electron chi connectivity index (χ3n) is 3.59. The van der Waals surface area contributed by atoms with E-state index in [1.54, 1.807) is 6.20 Å². The van der Waals surface area contributed by atoms with Crippen molar-refractivity contribution >= 4 is 5.91 Å². The summed E-state index contributed by atoms with van der Waals surface area (Å²) in [5.41, 5.74) is 1.71. The SMILES string of the molecule is Cc1[nH]ccc1C(=O)NC1C2CNCC21. The minimum Gasteiger partial charge on any atom is -0.365 e. The summed E-state index contributed by atoms with van der Waals surface area (Å²) in [6.07, 6.45) is 1.81. The maximum Gasteiger partial charge on any atom is 0.253 e. The molecule has 3 rings (SSSR count). The second-order valence-electron chi connectivity index (χ2n) is 4.50. The molecule has 2 heterocycles. The lowest BCUT2D eigenvalue weighted by atomic mass is 10.2. The van der Waals surface area contributed by atoms with Crippen molar-refractivity contribution in [2.75, 3.05) is 13.1 Å². The molecule has 0 spiro atoms. The zero-order chi connectivity index (χ0) is 10.4. The molecule has 1 saturated carbocycles. The van der Waals surface area contributed by atoms with Crippen LogP contribution in [0, 0.1) is 18.8 Å². The molecule has 2 atom stereocenters. The largest absolute Gasteiger partial charge is 0.365 e. The van der Waals surface area contributed by atoms with Crippen LogP contribution in [0.5, 0.6) is 0 Å². The van der Waals surface area contributed by atoms with Crippen LogP contribution in [0.4, 0.5) is 0 Å². The Kier molecular flexibility index (Phi) is 1.85. The van der Waals surface area contributed by atoms with Crippen LogP contribution >= 0.6 is 0 Å². The molecule has 2 fully saturated rings. The fraction of sp³-hybridized carbons (Fsp3) is 0.545. The summed E-state index contributed by atoms with van der Waals surface area (Å²) >= 11 is 0. The molecule has 1 aliphatic heterocycles. The van der Waals surface area contributed by atoms with Gasteiger partial charge in [-0.25, -0.2) is 0 Å². The molecule has 0 radical (unpaired) electrons. The smallest absolute Gasteiger partial charge is 0.253 e. The molecule has 0 aromatic carbocycles. The lowest BCUT2D eigenvalue weighted by molar-refractivity contribution is 0.0946. The highest BCUT2D eigenvalue weighted by Gasteiger charge is 2.53. The standard InChI is InChI=1S/C11H15N3O/c1-6-7(2-3-13-6)11(15)14-10-8-4-12-5-9(8)10/h2-3,8-10,12-13H,4-5H2,1H3,(H,14,15). The minimum atomic E-state index is 0.0631. The van der Waals surface area contributed by atoms with Crippen molar-refractivity contribution in [3.63, 3.8) is 0 Å². The predicted molar refractivity (Wildman–Crippen MR) is 56.6 cm³/mol. The van der Waals surface area contributed by atoms with Crippen molar-refractivity contribution in [3.8, 4) is 0 Å². The van der Waals surface area contributed by atoms with E-state index in [1.165, 1.54) is 0 Å². The molecule has 1 amide bonds. The zero-order valence-electron chi connectivity index (χ0n) is 8.71. The van der Waals surface area contributed by atoms with Crippen LogP contribution in [0.1, 0.15) is 16.1 Å². The summed E-state index contributed by atoms with van der Waals surface area (Å²) in [7, 11) is 0. The lowest BCUT2D eigenvalue weighted by Gasteiger charge is -2.07. The van der Waals surface area contributed by atoms with Gasteiger partial charge in [0.25, 0.3) is 5.91 Å². The fourth-order valence-corrected chi connectivity index (χ4v) is 2.56. The van der Waals surface area contributed by atoms with Gasteiger partial charge < -0.3 is 15.6 Å². The molecule has 4 nitrogen and oxygen atoms in total. The predicted octanol–water partition coefficient (Wildman–Crippen LogP) is 0.271. The number of aromatic nitrogens is 1. The van der Waals surface area contributed by atoms with Crippen molar-refractivity contribution < 1.29 is 4.79 Å². The molecule has 1 aromatic rings. The first-order chi connectivity index (χ1) is 7.27. The van der Waals surface area contributed by atoms with E-state index >= 15 is 0 Å². The van der Waals surface area contributed by atoms with Crippen molar-refractivity contribution in [1.82, 2.24) is 15.6 Å². The Balaban J connectivity index is 1.65. The number of rotatable bonds is 2. The highest BCUT2D eigenvalue weighted by Crippen LogP contribution is 2.41. The molecule has 1 aromatic heterocycles. The number of aryl methyl sites for hydroxylation is 1. The van der Waals surface area contributed by atoms with Crippen LogP contribution in [-0.4, -0.2) is 30.0 Å². The minimum absolute atomic E-state index is 0.0631. The first-order valence-corrected chi connectivity index (χ1v) is 5.43. The average molecular weight is 205 g/mol. The van der Waals surface area contributed by atoms with Gasteiger partial charge in [-0.2, -0.15) is 0 Å². The Morgan fingerprint density at radius 1 is 1.47 bits per heavy atom. The van der Waals surface area contributed by atoms with Gasteiger partial charge in [0.15, 0.2) is 0 Å². The lowest BCUT2D eigenvalue weighted by Crippen LogP contribution is -2.32. The van der Waals surface area contributed by atoms with E-state index in [1.807, 2.05) is 13.0 Å². The molecule has 4 heteroatoms. The molecular weight excluding hydrogens is 190 g/mol. The first-order valence-electron chi connectivity index (χ1n) is 5.43. The van der Waals surface area contributed by atoms with Crippen molar-refractivity contribution in [1.29, 1.82) is 0 Å². The van der Waals surface area contributed by atoms with Crippen molar-refractivity contribution in [2.45, 2.75) is 13.0 Å². The summed E-state index contributed by atoms with van der Waals surface area (Å²) in [6, 6.07) is 2.24. The maximum atomic E-state index is 11.9. The second kappa shape index (κ2) is 3.10. The molecular formula is C11H15N3O. The van der Waals surface area contributed by atoms with Gasteiger partial charge >= 0.3 is 0 Å². The van der Waals surface area contributed by atoms with Gasteiger partial charge in [0.05, 0.1) is 5.56 Å². The number of piperidine rings is 1. The normalized spacial score (nSPS) is 32.5. The molecule has 2 unspecified atom stereocenters. The highest BCUT2D eigenvalue weighted by atomic mass is 16.1. The van der Waals surface area contributed by atoms with E-state index in [4.69, 9.17) is 0 Å². The van der Waals surface area contributed by atoms with Crippen LogP contribution < -0.4 is 10.6 Å². The topological polar surface area (TPSA) is 56.9 Å². The van der Waals surface area contributed by atoms with Gasteiger partial charge in [0, 0.05) is 31.0 Å². The highest BCUT2D eigenvalue weighted by molar-refractivity contribution is 5.95. The van der Waals surface area contributed by atoms with E-state index in [2.05, 4.69) is 15.6 Å². The van der Waals surface area contributed by atoms with E-state index < -0.39 is 0 Å². The summed E-state index contributed by atoms with van der Waals surface area (Å²) in [5, 5.41) is 6.41. The molecule has 1 aliphatic carbocycles. The Morgan fingerprint density at radius 2 is 2.20 bits per heavy atom. The number of nitrogens with one attached hydrogen (secondary N) is 3. The van der Waals surface area contributed by atoms with Gasteiger partial charge in [-0.05, 0) is 24.8 Å². The van der Waals surface area contributed by atoms with Crippen LogP contribution in [0.15, 0.2) is 12.3 Å². The fourth-order valence-electron chi connectivity index (χ4n) is 2.56. The van der Waals surface area contributed by atoms with E-state index in [-0.39, 0.29) is 5.91 Å². The van der Waals surface area contributed by atoms with Gasteiger partial charge in [-0.3, -0.25) is 4.79 Å². The molecule has 0 bridgehead atoms. The first kappa shape index (κ1) is 8.97. The van der Waals surface area contributed by atoms with E-state index in [9.17, 15) is 4.79 Å². The molecule has 3 N–H and O–H groups in total. The molecule has 15 heavy (non-hydrogen) atoms. The van der Waals surface area contributed by atoms with Crippen LogP contribution in [0.3, 0.4) is 0 Å². The number of H-pyrrole nitrogens is 1. The molecule has 1 saturated heterocycles. The van der Waals surface area contributed by atoms with Crippen LogP contribution in [-0.2, 0) is 0 Å². The summed E-state index contributed by atoms with van der Waals surface area (Å²) in [5.74, 6) is 1.41. The van der Waals surface area contributed by atoms with Crippen LogP contribution in [0.2, 0.25) is 0 Å². The third-order valence-corrected chi connectivity index (χ3v) is 3.59. The van der Waals surface area contributed by atoms with Gasteiger partial charge in [-0.15, -0.1) is 0 Å². The van der Waals surface area contributed by atoms with Crippen LogP contribution in [0.25, 0.3) is 0 Å². The average Bonchev–Trinajstić information content (AvgIpc) is 2.66. The number of carbonyl (C=O) groups is 1. The Morgan fingerprint density at radius 3 is 2.80 bits per heavy atom. The number of hydrogen-bond acceptors (Lipinski definition) is 2. The summed E-state index contributed by atoms with van der Waals surface area (Å²) < 4.78 is 0. The number of amides is 1.